The van der Waals surface area contributed by atoms with Crippen molar-refractivity contribution in [1.29, 1.82) is 5.26 Å². The van der Waals surface area contributed by atoms with E-state index in [1.807, 2.05) is 24.3 Å². The fraction of sp³-hybridized carbons (Fsp3) is 0.562. The first-order valence-electron chi connectivity index (χ1n) is 6.89. The van der Waals surface area contributed by atoms with Gasteiger partial charge in [-0.25, -0.2) is 0 Å². The third kappa shape index (κ3) is 5.87. The average molecular weight is 259 g/mol. The van der Waals surface area contributed by atoms with Crippen molar-refractivity contribution in [2.24, 2.45) is 5.92 Å². The molecule has 19 heavy (non-hydrogen) atoms. The van der Waals surface area contributed by atoms with Crippen molar-refractivity contribution in [1.82, 2.24) is 10.2 Å². The highest BCUT2D eigenvalue weighted by atomic mass is 15.1. The first-order chi connectivity index (χ1) is 9.02. The Morgan fingerprint density at radius 2 is 1.84 bits per heavy atom. The van der Waals surface area contributed by atoms with Crippen LogP contribution < -0.4 is 5.32 Å². The summed E-state index contributed by atoms with van der Waals surface area (Å²) >= 11 is 0. The van der Waals surface area contributed by atoms with Crippen LogP contribution in [0.15, 0.2) is 24.3 Å². The van der Waals surface area contributed by atoms with Gasteiger partial charge in [0.1, 0.15) is 0 Å². The van der Waals surface area contributed by atoms with E-state index in [1.165, 1.54) is 12.0 Å². The molecule has 0 radical (unpaired) electrons. The van der Waals surface area contributed by atoms with Gasteiger partial charge in [0.25, 0.3) is 0 Å². The Bertz CT molecular complexity index is 401. The summed E-state index contributed by atoms with van der Waals surface area (Å²) in [7, 11) is 4.27. The van der Waals surface area contributed by atoms with Crippen LogP contribution in [-0.4, -0.2) is 31.6 Å². The molecule has 0 saturated carbocycles. The van der Waals surface area contributed by atoms with Crippen LogP contribution in [0.3, 0.4) is 0 Å². The van der Waals surface area contributed by atoms with E-state index < -0.39 is 0 Å². The first-order valence-corrected chi connectivity index (χ1v) is 6.89. The number of rotatable bonds is 7. The normalized spacial score (nSPS) is 12.7. The summed E-state index contributed by atoms with van der Waals surface area (Å²) in [6.07, 6.45) is 1.20. The lowest BCUT2D eigenvalue weighted by Gasteiger charge is -2.26. The van der Waals surface area contributed by atoms with Crippen molar-refractivity contribution >= 4 is 0 Å². The number of hydrogen-bond donors (Lipinski definition) is 1. The average Bonchev–Trinajstić information content (AvgIpc) is 2.37. The minimum atomic E-state index is 0.568. The molecule has 1 N–H and O–H groups in total. The Hall–Kier alpha value is -1.37. The molecule has 0 aliphatic rings. The number of nitrogens with one attached hydrogen (secondary N) is 1. The summed E-state index contributed by atoms with van der Waals surface area (Å²) in [5, 5.41) is 12.3. The summed E-state index contributed by atoms with van der Waals surface area (Å²) in [5.41, 5.74) is 1.94. The van der Waals surface area contributed by atoms with Gasteiger partial charge in [-0.05, 0) is 44.1 Å². The van der Waals surface area contributed by atoms with Gasteiger partial charge in [-0.15, -0.1) is 0 Å². The van der Waals surface area contributed by atoms with Gasteiger partial charge < -0.3 is 10.2 Å². The Kier molecular flexibility index (Phi) is 6.55. The number of likely N-dealkylation sites (N-methyl/N-ethyl adjacent to an activating group) is 1. The minimum absolute atomic E-state index is 0.568. The number of nitriles is 1. The van der Waals surface area contributed by atoms with Gasteiger partial charge in [0.05, 0.1) is 11.6 Å². The molecule has 0 heterocycles. The van der Waals surface area contributed by atoms with Crippen LogP contribution in [0.2, 0.25) is 0 Å². The highest BCUT2D eigenvalue weighted by Gasteiger charge is 2.12. The summed E-state index contributed by atoms with van der Waals surface area (Å²) in [6, 6.07) is 10.5. The predicted octanol–water partition coefficient (Wildman–Crippen LogP) is 2.62. The highest BCUT2D eigenvalue weighted by Crippen LogP contribution is 2.09. The monoisotopic (exact) mass is 259 g/mol. The predicted molar refractivity (Wildman–Crippen MR) is 79.8 cm³/mol. The van der Waals surface area contributed by atoms with Gasteiger partial charge in [-0.2, -0.15) is 5.26 Å². The maximum atomic E-state index is 8.75. The van der Waals surface area contributed by atoms with E-state index in [2.05, 4.69) is 44.2 Å². The second kappa shape index (κ2) is 7.93. The van der Waals surface area contributed by atoms with Crippen molar-refractivity contribution < 1.29 is 0 Å². The minimum Gasteiger partial charge on any atom is -0.311 e. The number of hydrogen-bond acceptors (Lipinski definition) is 3. The van der Waals surface area contributed by atoms with Crippen LogP contribution in [-0.2, 0) is 6.54 Å². The quantitative estimate of drug-likeness (QED) is 0.818. The smallest absolute Gasteiger partial charge is 0.0991 e. The fourth-order valence-electron chi connectivity index (χ4n) is 2.10. The van der Waals surface area contributed by atoms with Crippen molar-refractivity contribution in [2.45, 2.75) is 32.9 Å². The molecule has 3 heteroatoms. The largest absolute Gasteiger partial charge is 0.311 e. The maximum absolute atomic E-state index is 8.75. The molecule has 3 nitrogen and oxygen atoms in total. The molecule has 0 aromatic heterocycles. The van der Waals surface area contributed by atoms with Crippen LogP contribution in [0.25, 0.3) is 0 Å². The molecule has 0 bridgehead atoms. The van der Waals surface area contributed by atoms with Crippen molar-refractivity contribution in [3.63, 3.8) is 0 Å². The maximum Gasteiger partial charge on any atom is 0.0991 e. The standard InChI is InChI=1S/C16H25N3/c1-13(2)9-16(19(3)4)12-18-11-15-7-5-14(10-17)6-8-15/h5-8,13,16,18H,9,11-12H2,1-4H3. The molecule has 0 amide bonds. The number of benzene rings is 1. The van der Waals surface area contributed by atoms with Crippen LogP contribution in [0.4, 0.5) is 0 Å². The molecule has 1 rings (SSSR count). The second-order valence-corrected chi connectivity index (χ2v) is 5.69. The molecular formula is C16H25N3. The molecule has 0 spiro atoms. The van der Waals surface area contributed by atoms with Crippen LogP contribution in [0.1, 0.15) is 31.4 Å². The van der Waals surface area contributed by atoms with Crippen molar-refractivity contribution in [3.05, 3.63) is 35.4 Å². The molecule has 1 atom stereocenters. The zero-order valence-electron chi connectivity index (χ0n) is 12.5. The van der Waals surface area contributed by atoms with Gasteiger partial charge in [-0.1, -0.05) is 26.0 Å². The van der Waals surface area contributed by atoms with Gasteiger partial charge >= 0.3 is 0 Å². The summed E-state index contributed by atoms with van der Waals surface area (Å²) in [5.74, 6) is 0.712. The molecule has 0 aliphatic heterocycles. The molecule has 0 fully saturated rings. The Balaban J connectivity index is 2.40. The molecular weight excluding hydrogens is 234 g/mol. The zero-order valence-corrected chi connectivity index (χ0v) is 12.5. The Morgan fingerprint density at radius 1 is 1.21 bits per heavy atom. The van der Waals surface area contributed by atoms with Crippen LogP contribution >= 0.6 is 0 Å². The van der Waals surface area contributed by atoms with E-state index in [0.29, 0.717) is 12.0 Å². The molecule has 1 aromatic rings. The fourth-order valence-corrected chi connectivity index (χ4v) is 2.10. The highest BCUT2D eigenvalue weighted by molar-refractivity contribution is 5.31. The first kappa shape index (κ1) is 15.7. The summed E-state index contributed by atoms with van der Waals surface area (Å²) in [6.45, 7) is 6.37. The van der Waals surface area contributed by atoms with Crippen LogP contribution in [0, 0.1) is 17.2 Å². The molecule has 104 valence electrons. The molecule has 0 saturated heterocycles. The zero-order chi connectivity index (χ0) is 14.3. The lowest BCUT2D eigenvalue weighted by Crippen LogP contribution is -2.38. The molecule has 1 unspecified atom stereocenters. The van der Waals surface area contributed by atoms with E-state index >= 15 is 0 Å². The number of nitrogens with zero attached hydrogens (tertiary/aromatic N) is 2. The Morgan fingerprint density at radius 3 is 2.32 bits per heavy atom. The SMILES string of the molecule is CC(C)CC(CNCc1ccc(C#N)cc1)N(C)C. The van der Waals surface area contributed by atoms with Crippen LogP contribution in [0.5, 0.6) is 0 Å². The van der Waals surface area contributed by atoms with E-state index in [4.69, 9.17) is 5.26 Å². The van der Waals surface area contributed by atoms with Crippen molar-refractivity contribution in [3.8, 4) is 6.07 Å². The summed E-state index contributed by atoms with van der Waals surface area (Å²) < 4.78 is 0. The summed E-state index contributed by atoms with van der Waals surface area (Å²) in [4.78, 5) is 2.28. The topological polar surface area (TPSA) is 39.1 Å². The van der Waals surface area contributed by atoms with E-state index in [0.717, 1.165) is 18.7 Å². The van der Waals surface area contributed by atoms with Gasteiger partial charge in [0.15, 0.2) is 0 Å². The Labute approximate surface area is 117 Å². The van der Waals surface area contributed by atoms with Gasteiger partial charge in [0.2, 0.25) is 0 Å². The van der Waals surface area contributed by atoms with E-state index in [9.17, 15) is 0 Å². The van der Waals surface area contributed by atoms with Crippen molar-refractivity contribution in [2.75, 3.05) is 20.6 Å². The molecule has 0 aliphatic carbocycles. The van der Waals surface area contributed by atoms with Gasteiger partial charge in [0, 0.05) is 19.1 Å². The third-order valence-corrected chi connectivity index (χ3v) is 3.27. The van der Waals surface area contributed by atoms with Gasteiger partial charge in [-0.3, -0.25) is 0 Å². The second-order valence-electron chi connectivity index (χ2n) is 5.69. The van der Waals surface area contributed by atoms with E-state index in [1.54, 1.807) is 0 Å². The third-order valence-electron chi connectivity index (χ3n) is 3.27. The van der Waals surface area contributed by atoms with E-state index in [-0.39, 0.29) is 0 Å². The lowest BCUT2D eigenvalue weighted by molar-refractivity contribution is 0.246. The molecule has 1 aromatic carbocycles. The lowest BCUT2D eigenvalue weighted by atomic mass is 10.0.